The Morgan fingerprint density at radius 3 is 2.72 bits per heavy atom. The molecule has 90 valence electrons. The minimum absolute atomic E-state index is 0.103. The predicted molar refractivity (Wildman–Crippen MR) is 65.1 cm³/mol. The Bertz CT molecular complexity index is 611. The Hall–Kier alpha value is -2.61. The largest absolute Gasteiger partial charge is 0.492 e. The lowest BCUT2D eigenvalue weighted by Gasteiger charge is -2.07. The second-order valence-electron chi connectivity index (χ2n) is 3.60. The van der Waals surface area contributed by atoms with Gasteiger partial charge < -0.3 is 4.74 Å². The summed E-state index contributed by atoms with van der Waals surface area (Å²) in [6, 6.07) is 10.3. The molecule has 5 heteroatoms. The topological polar surface area (TPSA) is 67.9 Å². The van der Waals surface area contributed by atoms with Gasteiger partial charge in [-0.1, -0.05) is 0 Å². The zero-order valence-corrected chi connectivity index (χ0v) is 9.61. The van der Waals surface area contributed by atoms with Crippen LogP contribution < -0.4 is 10.3 Å². The van der Waals surface area contributed by atoms with Gasteiger partial charge in [-0.15, -0.1) is 0 Å². The lowest BCUT2D eigenvalue weighted by molar-refractivity contribution is 0.295. The molecule has 0 bridgehead atoms. The van der Waals surface area contributed by atoms with Crippen molar-refractivity contribution in [1.29, 1.82) is 5.26 Å². The molecule has 5 nitrogen and oxygen atoms in total. The van der Waals surface area contributed by atoms with Crippen LogP contribution in [0.15, 0.2) is 47.7 Å². The molecule has 0 fully saturated rings. The third-order valence-corrected chi connectivity index (χ3v) is 2.38. The van der Waals surface area contributed by atoms with E-state index in [0.717, 1.165) is 0 Å². The van der Waals surface area contributed by atoms with Crippen LogP contribution in [0.5, 0.6) is 5.75 Å². The van der Waals surface area contributed by atoms with E-state index in [0.29, 0.717) is 24.5 Å². The van der Waals surface area contributed by atoms with Crippen molar-refractivity contribution in [2.75, 3.05) is 6.61 Å². The first-order valence-corrected chi connectivity index (χ1v) is 5.43. The normalized spacial score (nSPS) is 9.72. The summed E-state index contributed by atoms with van der Waals surface area (Å²) in [6.45, 7) is 0.810. The predicted octanol–water partition coefficient (Wildman–Crippen LogP) is 1.19. The Morgan fingerprint density at radius 2 is 2.06 bits per heavy atom. The fraction of sp³-hybridized carbons (Fsp3) is 0.154. The molecule has 0 amide bonds. The second kappa shape index (κ2) is 5.64. The molecule has 0 unspecified atom stereocenters. The monoisotopic (exact) mass is 241 g/mol. The molecule has 2 rings (SSSR count). The van der Waals surface area contributed by atoms with Crippen LogP contribution in [0.25, 0.3) is 0 Å². The van der Waals surface area contributed by atoms with Crippen LogP contribution in [0.4, 0.5) is 0 Å². The Kier molecular flexibility index (Phi) is 3.72. The van der Waals surface area contributed by atoms with Gasteiger partial charge in [-0.2, -0.15) is 5.26 Å². The third kappa shape index (κ3) is 2.95. The van der Waals surface area contributed by atoms with Gasteiger partial charge in [0.2, 0.25) is 0 Å². The first kappa shape index (κ1) is 11.9. The molecular weight excluding hydrogens is 230 g/mol. The molecule has 0 radical (unpaired) electrons. The molecule has 0 saturated carbocycles. The Morgan fingerprint density at radius 1 is 1.28 bits per heavy atom. The van der Waals surface area contributed by atoms with Gasteiger partial charge in [0.15, 0.2) is 0 Å². The van der Waals surface area contributed by atoms with Gasteiger partial charge in [-0.3, -0.25) is 9.36 Å². The number of hydrogen-bond donors (Lipinski definition) is 0. The van der Waals surface area contributed by atoms with E-state index in [2.05, 4.69) is 4.98 Å². The van der Waals surface area contributed by atoms with Crippen molar-refractivity contribution in [2.24, 2.45) is 0 Å². The lowest BCUT2D eigenvalue weighted by Crippen LogP contribution is -2.22. The van der Waals surface area contributed by atoms with E-state index < -0.39 is 0 Å². The summed E-state index contributed by atoms with van der Waals surface area (Å²) >= 11 is 0. The molecule has 1 aromatic heterocycles. The van der Waals surface area contributed by atoms with Crippen LogP contribution >= 0.6 is 0 Å². The van der Waals surface area contributed by atoms with E-state index in [1.165, 1.54) is 23.2 Å². The van der Waals surface area contributed by atoms with E-state index in [1.807, 2.05) is 6.07 Å². The molecule has 0 N–H and O–H groups in total. The van der Waals surface area contributed by atoms with Crippen molar-refractivity contribution in [3.63, 3.8) is 0 Å². The van der Waals surface area contributed by atoms with Crippen molar-refractivity contribution < 1.29 is 4.74 Å². The molecule has 0 aliphatic carbocycles. The van der Waals surface area contributed by atoms with Gasteiger partial charge in [0.25, 0.3) is 5.56 Å². The molecule has 0 aliphatic heterocycles. The molecule has 0 aliphatic rings. The van der Waals surface area contributed by atoms with E-state index in [4.69, 9.17) is 10.00 Å². The number of benzene rings is 1. The zero-order chi connectivity index (χ0) is 12.8. The number of hydrogen-bond acceptors (Lipinski definition) is 4. The minimum atomic E-state index is -0.103. The number of aromatic nitrogens is 2. The summed E-state index contributed by atoms with van der Waals surface area (Å²) in [7, 11) is 0. The van der Waals surface area contributed by atoms with Crippen LogP contribution in [-0.4, -0.2) is 16.2 Å². The highest BCUT2D eigenvalue weighted by atomic mass is 16.5. The zero-order valence-electron chi connectivity index (χ0n) is 9.61. The molecule has 0 spiro atoms. The molecule has 1 aromatic carbocycles. The fourth-order valence-corrected chi connectivity index (χ4v) is 1.43. The van der Waals surface area contributed by atoms with Crippen LogP contribution in [-0.2, 0) is 6.54 Å². The van der Waals surface area contributed by atoms with Crippen LogP contribution in [0.2, 0.25) is 0 Å². The minimum Gasteiger partial charge on any atom is -0.492 e. The first-order chi connectivity index (χ1) is 8.79. The van der Waals surface area contributed by atoms with Crippen LogP contribution in [0.1, 0.15) is 5.56 Å². The van der Waals surface area contributed by atoms with E-state index >= 15 is 0 Å². The van der Waals surface area contributed by atoms with Gasteiger partial charge in [-0.25, -0.2) is 4.98 Å². The number of ether oxygens (including phenoxy) is 1. The summed E-state index contributed by atoms with van der Waals surface area (Å²) in [6.07, 6.45) is 2.94. The average molecular weight is 241 g/mol. The highest BCUT2D eigenvalue weighted by Gasteiger charge is 1.97. The Balaban J connectivity index is 1.91. The van der Waals surface area contributed by atoms with Crippen molar-refractivity contribution >= 4 is 0 Å². The maximum atomic E-state index is 11.4. The van der Waals surface area contributed by atoms with Gasteiger partial charge in [0.1, 0.15) is 12.4 Å². The standard InChI is InChI=1S/C13H11N3O2/c14-9-11-1-3-12(4-2-11)18-8-7-16-10-15-6-5-13(16)17/h1-6,10H,7-8H2. The van der Waals surface area contributed by atoms with Crippen molar-refractivity contribution in [2.45, 2.75) is 6.54 Å². The number of nitrogens with zero attached hydrogens (tertiary/aromatic N) is 3. The van der Waals surface area contributed by atoms with E-state index in [9.17, 15) is 4.79 Å². The molecule has 2 aromatic rings. The molecule has 0 saturated heterocycles. The lowest BCUT2D eigenvalue weighted by atomic mass is 10.2. The maximum absolute atomic E-state index is 11.4. The SMILES string of the molecule is N#Cc1ccc(OCCn2cnccc2=O)cc1. The van der Waals surface area contributed by atoms with Crippen LogP contribution in [0, 0.1) is 11.3 Å². The van der Waals surface area contributed by atoms with Gasteiger partial charge in [0, 0.05) is 12.3 Å². The van der Waals surface area contributed by atoms with Crippen molar-refractivity contribution in [1.82, 2.24) is 9.55 Å². The van der Waals surface area contributed by atoms with Crippen LogP contribution in [0.3, 0.4) is 0 Å². The molecule has 0 atom stereocenters. The Labute approximate surface area is 104 Å². The maximum Gasteiger partial charge on any atom is 0.253 e. The molecular formula is C13H11N3O2. The fourth-order valence-electron chi connectivity index (χ4n) is 1.43. The van der Waals surface area contributed by atoms with Crippen molar-refractivity contribution in [3.8, 4) is 11.8 Å². The smallest absolute Gasteiger partial charge is 0.253 e. The summed E-state index contributed by atoms with van der Waals surface area (Å²) in [4.78, 5) is 15.2. The average Bonchev–Trinajstić information content (AvgIpc) is 2.42. The number of nitriles is 1. The van der Waals surface area contributed by atoms with Gasteiger partial charge >= 0.3 is 0 Å². The second-order valence-corrected chi connectivity index (χ2v) is 3.60. The molecule has 18 heavy (non-hydrogen) atoms. The summed E-state index contributed by atoms with van der Waals surface area (Å²) in [5.41, 5.74) is 0.485. The third-order valence-electron chi connectivity index (χ3n) is 2.38. The first-order valence-electron chi connectivity index (χ1n) is 5.43. The van der Waals surface area contributed by atoms with Crippen molar-refractivity contribution in [3.05, 3.63) is 58.8 Å². The number of rotatable bonds is 4. The highest BCUT2D eigenvalue weighted by Crippen LogP contribution is 2.11. The van der Waals surface area contributed by atoms with Gasteiger partial charge in [0.05, 0.1) is 24.5 Å². The van der Waals surface area contributed by atoms with E-state index in [1.54, 1.807) is 24.3 Å². The summed E-state index contributed by atoms with van der Waals surface area (Å²) in [5, 5.41) is 8.65. The summed E-state index contributed by atoms with van der Waals surface area (Å²) in [5.74, 6) is 0.672. The summed E-state index contributed by atoms with van der Waals surface area (Å²) < 4.78 is 6.94. The van der Waals surface area contributed by atoms with E-state index in [-0.39, 0.29) is 5.56 Å². The highest BCUT2D eigenvalue weighted by molar-refractivity contribution is 5.34. The molecule has 1 heterocycles. The van der Waals surface area contributed by atoms with Gasteiger partial charge in [-0.05, 0) is 24.3 Å². The quantitative estimate of drug-likeness (QED) is 0.806.